The van der Waals surface area contributed by atoms with E-state index in [0.717, 1.165) is 19.5 Å². The van der Waals surface area contributed by atoms with Gasteiger partial charge in [-0.2, -0.15) is 0 Å². The van der Waals surface area contributed by atoms with Gasteiger partial charge in [-0.25, -0.2) is 9.97 Å². The maximum Gasteiger partial charge on any atom is 0.353 e. The summed E-state index contributed by atoms with van der Waals surface area (Å²) in [4.78, 5) is 20.2. The molecule has 2 N–H and O–H groups in total. The molecule has 2 unspecified atom stereocenters. The van der Waals surface area contributed by atoms with Crippen molar-refractivity contribution in [2.24, 2.45) is 11.8 Å². The van der Waals surface area contributed by atoms with Crippen LogP contribution in [-0.4, -0.2) is 28.0 Å². The Morgan fingerprint density at radius 3 is 2.56 bits per heavy atom. The highest BCUT2D eigenvalue weighted by atomic mass is 16.6. The van der Waals surface area contributed by atoms with Crippen LogP contribution in [0.5, 0.6) is 0 Å². The van der Waals surface area contributed by atoms with Crippen molar-refractivity contribution in [3.05, 3.63) is 16.4 Å². The minimum Gasteiger partial charge on any atom is -0.378 e. The first-order chi connectivity index (χ1) is 8.49. The van der Waals surface area contributed by atoms with Gasteiger partial charge in [-0.3, -0.25) is 10.1 Å². The van der Waals surface area contributed by atoms with Crippen molar-refractivity contribution in [3.8, 4) is 0 Å². The number of rotatable bonds is 2. The third-order valence-electron chi connectivity index (χ3n) is 3.18. The fourth-order valence-electron chi connectivity index (χ4n) is 2.63. The number of hydrogen-bond acceptors (Lipinski definition) is 6. The van der Waals surface area contributed by atoms with Gasteiger partial charge in [0.1, 0.15) is 6.33 Å². The van der Waals surface area contributed by atoms with Crippen LogP contribution in [-0.2, 0) is 0 Å². The number of nitrogen functional groups attached to an aromatic ring is 1. The van der Waals surface area contributed by atoms with E-state index in [1.165, 1.54) is 6.33 Å². The van der Waals surface area contributed by atoms with Crippen LogP contribution in [0.4, 0.5) is 17.3 Å². The van der Waals surface area contributed by atoms with Gasteiger partial charge in [-0.1, -0.05) is 13.8 Å². The monoisotopic (exact) mass is 251 g/mol. The van der Waals surface area contributed by atoms with Crippen molar-refractivity contribution in [3.63, 3.8) is 0 Å². The highest BCUT2D eigenvalue weighted by molar-refractivity contribution is 5.68. The molecule has 1 saturated heterocycles. The standard InChI is InChI=1S/C11H17N5O2/c1-7-3-8(2)5-15(4-7)11-9(16(17)18)10(12)13-6-14-11/h6-8H,3-5H2,1-2H3,(H2,12,13,14). The minimum absolute atomic E-state index is 0.0733. The summed E-state index contributed by atoms with van der Waals surface area (Å²) in [6.45, 7) is 5.81. The highest BCUT2D eigenvalue weighted by Gasteiger charge is 2.30. The van der Waals surface area contributed by atoms with Gasteiger partial charge < -0.3 is 10.6 Å². The molecule has 0 spiro atoms. The predicted molar refractivity (Wildman–Crippen MR) is 68.3 cm³/mol. The van der Waals surface area contributed by atoms with Gasteiger partial charge in [-0.05, 0) is 18.3 Å². The summed E-state index contributed by atoms with van der Waals surface area (Å²) in [7, 11) is 0. The molecule has 1 aliphatic rings. The largest absolute Gasteiger partial charge is 0.378 e. The van der Waals surface area contributed by atoms with E-state index in [0.29, 0.717) is 17.7 Å². The van der Waals surface area contributed by atoms with Crippen LogP contribution in [0.25, 0.3) is 0 Å². The summed E-state index contributed by atoms with van der Waals surface area (Å²) < 4.78 is 0. The van der Waals surface area contributed by atoms with Crippen molar-refractivity contribution in [2.75, 3.05) is 23.7 Å². The lowest BCUT2D eigenvalue weighted by Crippen LogP contribution is -2.39. The molecule has 2 heterocycles. The third kappa shape index (κ3) is 2.34. The summed E-state index contributed by atoms with van der Waals surface area (Å²) in [5.74, 6) is 1.25. The van der Waals surface area contributed by atoms with E-state index >= 15 is 0 Å². The molecule has 0 amide bonds. The van der Waals surface area contributed by atoms with Crippen LogP contribution in [0.2, 0.25) is 0 Å². The van der Waals surface area contributed by atoms with Crippen LogP contribution in [0.15, 0.2) is 6.33 Å². The van der Waals surface area contributed by atoms with E-state index in [2.05, 4.69) is 23.8 Å². The van der Waals surface area contributed by atoms with Gasteiger partial charge in [0.25, 0.3) is 0 Å². The first-order valence-corrected chi connectivity index (χ1v) is 5.98. The van der Waals surface area contributed by atoms with Crippen molar-refractivity contribution in [1.82, 2.24) is 9.97 Å². The van der Waals surface area contributed by atoms with Crippen LogP contribution < -0.4 is 10.6 Å². The van der Waals surface area contributed by atoms with Crippen LogP contribution in [0.3, 0.4) is 0 Å². The summed E-state index contributed by atoms with van der Waals surface area (Å²) in [5.41, 5.74) is 5.40. The van der Waals surface area contributed by atoms with Crippen molar-refractivity contribution in [1.29, 1.82) is 0 Å². The number of aromatic nitrogens is 2. The van der Waals surface area contributed by atoms with E-state index in [4.69, 9.17) is 5.73 Å². The SMILES string of the molecule is CC1CC(C)CN(c2ncnc(N)c2[N+](=O)[O-])C1. The van der Waals surface area contributed by atoms with Crippen molar-refractivity contribution < 1.29 is 4.92 Å². The van der Waals surface area contributed by atoms with E-state index in [1.807, 2.05) is 4.90 Å². The summed E-state index contributed by atoms with van der Waals surface area (Å²) in [6, 6.07) is 0. The van der Waals surface area contributed by atoms with Crippen LogP contribution >= 0.6 is 0 Å². The molecule has 7 heteroatoms. The summed E-state index contributed by atoms with van der Waals surface area (Å²) in [6.07, 6.45) is 2.41. The lowest BCUT2D eigenvalue weighted by Gasteiger charge is -2.35. The Hall–Kier alpha value is -1.92. The lowest BCUT2D eigenvalue weighted by atomic mass is 9.92. The quantitative estimate of drug-likeness (QED) is 0.631. The molecule has 2 rings (SSSR count). The maximum atomic E-state index is 11.1. The zero-order valence-corrected chi connectivity index (χ0v) is 10.5. The Kier molecular flexibility index (Phi) is 3.31. The molecular formula is C11H17N5O2. The number of anilines is 2. The van der Waals surface area contributed by atoms with E-state index in [9.17, 15) is 10.1 Å². The first-order valence-electron chi connectivity index (χ1n) is 5.98. The Bertz CT molecular complexity index is 455. The lowest BCUT2D eigenvalue weighted by molar-refractivity contribution is -0.383. The Balaban J connectivity index is 2.38. The van der Waals surface area contributed by atoms with Gasteiger partial charge in [0.05, 0.1) is 4.92 Å². The predicted octanol–water partition coefficient (Wildman–Crippen LogP) is 1.45. The van der Waals surface area contributed by atoms with Crippen LogP contribution in [0.1, 0.15) is 20.3 Å². The molecule has 0 saturated carbocycles. The first kappa shape index (κ1) is 12.5. The average Bonchev–Trinajstić information content (AvgIpc) is 2.26. The van der Waals surface area contributed by atoms with Gasteiger partial charge >= 0.3 is 5.69 Å². The van der Waals surface area contributed by atoms with E-state index in [1.54, 1.807) is 0 Å². The Morgan fingerprint density at radius 2 is 2.00 bits per heavy atom. The molecule has 0 aliphatic carbocycles. The van der Waals surface area contributed by atoms with E-state index in [-0.39, 0.29) is 11.5 Å². The number of nitrogens with two attached hydrogens (primary N) is 1. The molecule has 7 nitrogen and oxygen atoms in total. The van der Waals surface area contributed by atoms with Gasteiger partial charge in [-0.15, -0.1) is 0 Å². The second-order valence-electron chi connectivity index (χ2n) is 5.04. The van der Waals surface area contributed by atoms with Crippen molar-refractivity contribution in [2.45, 2.75) is 20.3 Å². The molecule has 1 aromatic heterocycles. The zero-order valence-electron chi connectivity index (χ0n) is 10.5. The van der Waals surface area contributed by atoms with Crippen molar-refractivity contribution >= 4 is 17.3 Å². The molecule has 18 heavy (non-hydrogen) atoms. The van der Waals surface area contributed by atoms with Crippen LogP contribution in [0, 0.1) is 22.0 Å². The highest BCUT2D eigenvalue weighted by Crippen LogP contribution is 2.33. The summed E-state index contributed by atoms with van der Waals surface area (Å²) in [5, 5.41) is 11.1. The van der Waals surface area contributed by atoms with E-state index < -0.39 is 4.92 Å². The van der Waals surface area contributed by atoms with Gasteiger partial charge in [0, 0.05) is 13.1 Å². The normalized spacial score (nSPS) is 24.0. The fourth-order valence-corrected chi connectivity index (χ4v) is 2.63. The summed E-state index contributed by atoms with van der Waals surface area (Å²) >= 11 is 0. The van der Waals surface area contributed by atoms with Gasteiger partial charge in [0.2, 0.25) is 11.6 Å². The average molecular weight is 251 g/mol. The van der Waals surface area contributed by atoms with Gasteiger partial charge in [0.15, 0.2) is 0 Å². The zero-order chi connectivity index (χ0) is 13.3. The fraction of sp³-hybridized carbons (Fsp3) is 0.636. The smallest absolute Gasteiger partial charge is 0.353 e. The second-order valence-corrected chi connectivity index (χ2v) is 5.04. The molecular weight excluding hydrogens is 234 g/mol. The number of hydrogen-bond donors (Lipinski definition) is 1. The second kappa shape index (κ2) is 4.75. The molecule has 1 aliphatic heterocycles. The molecule has 1 fully saturated rings. The molecule has 98 valence electrons. The minimum atomic E-state index is -0.505. The molecule has 0 radical (unpaired) electrons. The molecule has 2 atom stereocenters. The Morgan fingerprint density at radius 1 is 1.39 bits per heavy atom. The molecule has 1 aromatic rings. The third-order valence-corrected chi connectivity index (χ3v) is 3.18. The molecule has 0 aromatic carbocycles. The maximum absolute atomic E-state index is 11.1. The number of nitrogens with zero attached hydrogens (tertiary/aromatic N) is 4. The number of nitro groups is 1. The topological polar surface area (TPSA) is 98.2 Å². The Labute approximate surface area is 105 Å². The molecule has 0 bridgehead atoms. The number of piperidine rings is 1.